The van der Waals surface area contributed by atoms with Crippen LogP contribution in [-0.4, -0.2) is 50.5 Å². The number of hydrogen-bond acceptors (Lipinski definition) is 3. The van der Waals surface area contributed by atoms with Crippen molar-refractivity contribution in [1.29, 1.82) is 0 Å². The smallest absolute Gasteiger partial charge is 0.381 e. The van der Waals surface area contributed by atoms with Gasteiger partial charge in [0.25, 0.3) is 0 Å². The van der Waals surface area contributed by atoms with Gasteiger partial charge in [-0.25, -0.2) is 0 Å². The van der Waals surface area contributed by atoms with Crippen molar-refractivity contribution in [3.63, 3.8) is 0 Å². The fourth-order valence-electron chi connectivity index (χ4n) is 2.27. The molecule has 0 aromatic rings. The van der Waals surface area contributed by atoms with Gasteiger partial charge in [-0.05, 0) is 26.4 Å². The highest BCUT2D eigenvalue weighted by atomic mass is 19.4. The topological polar surface area (TPSA) is 38.5 Å². The fourth-order valence-corrected chi connectivity index (χ4v) is 2.27. The van der Waals surface area contributed by atoms with Gasteiger partial charge in [0, 0.05) is 25.6 Å². The Morgan fingerprint density at radius 3 is 2.59 bits per heavy atom. The maximum absolute atomic E-state index is 12.8. The second-order valence-corrected chi connectivity index (χ2v) is 4.47. The van der Waals surface area contributed by atoms with Crippen LogP contribution in [0.1, 0.15) is 13.3 Å². The molecule has 3 nitrogen and oxygen atoms in total. The van der Waals surface area contributed by atoms with Crippen LogP contribution in [-0.2, 0) is 4.74 Å². The first-order chi connectivity index (χ1) is 7.99. The van der Waals surface area contributed by atoms with Gasteiger partial charge in [0.15, 0.2) is 0 Å². The fraction of sp³-hybridized carbons (Fsp3) is 1.00. The van der Waals surface area contributed by atoms with E-state index in [0.717, 1.165) is 6.42 Å². The molecule has 2 atom stereocenters. The molecule has 2 N–H and O–H groups in total. The molecule has 6 heteroatoms. The highest BCUT2D eigenvalue weighted by Crippen LogP contribution is 2.37. The second kappa shape index (κ2) is 6.56. The van der Waals surface area contributed by atoms with Crippen molar-refractivity contribution in [3.8, 4) is 0 Å². The molecule has 17 heavy (non-hydrogen) atoms. The van der Waals surface area contributed by atoms with E-state index in [0.29, 0.717) is 26.2 Å². The van der Waals surface area contributed by atoms with E-state index < -0.39 is 18.0 Å². The van der Waals surface area contributed by atoms with Crippen molar-refractivity contribution in [1.82, 2.24) is 4.90 Å². The lowest BCUT2D eigenvalue weighted by Crippen LogP contribution is -2.32. The van der Waals surface area contributed by atoms with Crippen LogP contribution in [0.5, 0.6) is 0 Å². The summed E-state index contributed by atoms with van der Waals surface area (Å²) in [5.74, 6) is -1.69. The van der Waals surface area contributed by atoms with Gasteiger partial charge in [-0.15, -0.1) is 0 Å². The predicted molar refractivity (Wildman–Crippen MR) is 59.6 cm³/mol. The molecule has 0 spiro atoms. The minimum atomic E-state index is -4.13. The Bertz CT molecular complexity index is 223. The lowest BCUT2D eigenvalue weighted by atomic mass is 9.96. The monoisotopic (exact) mass is 254 g/mol. The summed E-state index contributed by atoms with van der Waals surface area (Å²) in [6.07, 6.45) is -3.38. The van der Waals surface area contributed by atoms with Gasteiger partial charge >= 0.3 is 6.18 Å². The summed E-state index contributed by atoms with van der Waals surface area (Å²) in [5, 5.41) is 0. The van der Waals surface area contributed by atoms with Gasteiger partial charge in [-0.1, -0.05) is 0 Å². The third-order valence-electron chi connectivity index (χ3n) is 3.15. The quantitative estimate of drug-likeness (QED) is 0.780. The zero-order valence-electron chi connectivity index (χ0n) is 10.2. The zero-order chi connectivity index (χ0) is 12.9. The van der Waals surface area contributed by atoms with Crippen LogP contribution in [0.2, 0.25) is 0 Å². The standard InChI is InChI=1S/C11H21F3N2O/c1-2-17-8-9-6-16(5-3-4-15)7-10(9)11(12,13)14/h9-10H,2-8,15H2,1H3/t9-,10-/m1/s1. The molecule has 0 bridgehead atoms. The number of alkyl halides is 3. The number of nitrogens with two attached hydrogens (primary N) is 1. The minimum Gasteiger partial charge on any atom is -0.381 e. The van der Waals surface area contributed by atoms with E-state index in [1.165, 1.54) is 0 Å². The Balaban J connectivity index is 2.53. The van der Waals surface area contributed by atoms with Crippen molar-refractivity contribution in [3.05, 3.63) is 0 Å². The highest BCUT2D eigenvalue weighted by molar-refractivity contribution is 4.88. The van der Waals surface area contributed by atoms with Gasteiger partial charge in [-0.3, -0.25) is 0 Å². The van der Waals surface area contributed by atoms with Crippen molar-refractivity contribution < 1.29 is 17.9 Å². The SMILES string of the molecule is CCOC[C@H]1CN(CCCN)C[C@H]1C(F)(F)F. The normalized spacial score (nSPS) is 26.6. The summed E-state index contributed by atoms with van der Waals surface area (Å²) >= 11 is 0. The minimum absolute atomic E-state index is 0.0846. The van der Waals surface area contributed by atoms with Crippen LogP contribution < -0.4 is 5.73 Å². The first-order valence-electron chi connectivity index (χ1n) is 6.06. The molecule has 102 valence electrons. The summed E-state index contributed by atoms with van der Waals surface area (Å²) in [4.78, 5) is 1.84. The van der Waals surface area contributed by atoms with Crippen molar-refractivity contribution >= 4 is 0 Å². The Labute approximate surface area is 100 Å². The first kappa shape index (κ1) is 14.7. The molecule has 0 aliphatic carbocycles. The summed E-state index contributed by atoms with van der Waals surface area (Å²) in [7, 11) is 0. The van der Waals surface area contributed by atoms with Crippen molar-refractivity contribution in [2.75, 3.05) is 39.4 Å². The summed E-state index contributed by atoms with van der Waals surface area (Å²) in [6.45, 7) is 4.16. The Morgan fingerprint density at radius 2 is 2.06 bits per heavy atom. The van der Waals surface area contributed by atoms with Crippen LogP contribution in [0.15, 0.2) is 0 Å². The molecule has 1 rings (SSSR count). The maximum atomic E-state index is 12.8. The number of ether oxygens (including phenoxy) is 1. The van der Waals surface area contributed by atoms with Crippen LogP contribution in [0.3, 0.4) is 0 Å². The van der Waals surface area contributed by atoms with E-state index in [1.807, 2.05) is 4.90 Å². The molecule has 1 aliphatic heterocycles. The molecule has 0 saturated carbocycles. The lowest BCUT2D eigenvalue weighted by molar-refractivity contribution is -0.184. The summed E-state index contributed by atoms with van der Waals surface area (Å²) in [6, 6.07) is 0. The van der Waals surface area contributed by atoms with E-state index in [4.69, 9.17) is 10.5 Å². The molecule has 0 unspecified atom stereocenters. The Kier molecular flexibility index (Phi) is 5.69. The lowest BCUT2D eigenvalue weighted by Gasteiger charge is -2.20. The third kappa shape index (κ3) is 4.44. The number of halogens is 3. The van der Waals surface area contributed by atoms with Gasteiger partial charge in [-0.2, -0.15) is 13.2 Å². The molecule has 0 amide bonds. The summed E-state index contributed by atoms with van der Waals surface area (Å²) in [5.41, 5.74) is 5.37. The number of likely N-dealkylation sites (tertiary alicyclic amines) is 1. The highest BCUT2D eigenvalue weighted by Gasteiger charge is 2.49. The van der Waals surface area contributed by atoms with Crippen molar-refractivity contribution in [2.45, 2.75) is 19.5 Å². The van der Waals surface area contributed by atoms with E-state index in [-0.39, 0.29) is 13.2 Å². The van der Waals surface area contributed by atoms with Crippen LogP contribution >= 0.6 is 0 Å². The average molecular weight is 254 g/mol. The third-order valence-corrected chi connectivity index (χ3v) is 3.15. The van der Waals surface area contributed by atoms with E-state index >= 15 is 0 Å². The molecule has 0 aromatic carbocycles. The molecule has 1 fully saturated rings. The van der Waals surface area contributed by atoms with E-state index in [2.05, 4.69) is 0 Å². The molecular formula is C11H21F3N2O. The van der Waals surface area contributed by atoms with Gasteiger partial charge < -0.3 is 15.4 Å². The predicted octanol–water partition coefficient (Wildman–Crippen LogP) is 1.48. The molecule has 1 saturated heterocycles. The zero-order valence-corrected chi connectivity index (χ0v) is 10.2. The van der Waals surface area contributed by atoms with Crippen LogP contribution in [0.4, 0.5) is 13.2 Å². The van der Waals surface area contributed by atoms with Gasteiger partial charge in [0.1, 0.15) is 0 Å². The van der Waals surface area contributed by atoms with E-state index in [9.17, 15) is 13.2 Å². The van der Waals surface area contributed by atoms with Crippen LogP contribution in [0.25, 0.3) is 0 Å². The molecule has 0 radical (unpaired) electrons. The maximum Gasteiger partial charge on any atom is 0.393 e. The number of hydrogen-bond donors (Lipinski definition) is 1. The Hall–Kier alpha value is -0.330. The van der Waals surface area contributed by atoms with E-state index in [1.54, 1.807) is 6.92 Å². The van der Waals surface area contributed by atoms with Crippen LogP contribution in [0, 0.1) is 11.8 Å². The van der Waals surface area contributed by atoms with Gasteiger partial charge in [0.2, 0.25) is 0 Å². The molecule has 1 aliphatic rings. The van der Waals surface area contributed by atoms with Crippen molar-refractivity contribution in [2.24, 2.45) is 17.6 Å². The second-order valence-electron chi connectivity index (χ2n) is 4.47. The molecular weight excluding hydrogens is 233 g/mol. The number of nitrogens with zero attached hydrogens (tertiary/aromatic N) is 1. The molecule has 0 aromatic heterocycles. The average Bonchev–Trinajstić information content (AvgIpc) is 2.66. The largest absolute Gasteiger partial charge is 0.393 e. The van der Waals surface area contributed by atoms with Gasteiger partial charge in [0.05, 0.1) is 12.5 Å². The molecule has 1 heterocycles. The first-order valence-corrected chi connectivity index (χ1v) is 6.06. The number of rotatable bonds is 6. The Morgan fingerprint density at radius 1 is 1.35 bits per heavy atom. The summed E-state index contributed by atoms with van der Waals surface area (Å²) < 4.78 is 43.6.